The monoisotopic (exact) mass is 401 g/mol. The average molecular weight is 402 g/mol. The SMILES string of the molecule is O=C(NCC(=O)N1CCCCC1c1ccccc1)c1c(Cl)cccc1[N+](=O)[O-]. The number of hydrogen-bond acceptors (Lipinski definition) is 4. The molecular formula is C20H20ClN3O4. The molecule has 0 radical (unpaired) electrons. The number of nitrogens with one attached hydrogen (secondary N) is 1. The molecule has 1 N–H and O–H groups in total. The third kappa shape index (κ3) is 4.31. The summed E-state index contributed by atoms with van der Waals surface area (Å²) in [6, 6.07) is 13.8. The average Bonchev–Trinajstić information content (AvgIpc) is 2.72. The molecular weight excluding hydrogens is 382 g/mol. The van der Waals surface area contributed by atoms with Crippen LogP contribution in [0, 0.1) is 10.1 Å². The van der Waals surface area contributed by atoms with Gasteiger partial charge in [0.2, 0.25) is 5.91 Å². The standard InChI is InChI=1S/C20H20ClN3O4/c21-15-9-6-11-17(24(27)28)19(15)20(26)22-13-18(25)23-12-5-4-10-16(23)14-7-2-1-3-8-14/h1-3,6-9,11,16H,4-5,10,12-13H2,(H,22,26). The van der Waals surface area contributed by atoms with E-state index < -0.39 is 16.5 Å². The molecule has 1 aliphatic rings. The highest BCUT2D eigenvalue weighted by molar-refractivity contribution is 6.34. The summed E-state index contributed by atoms with van der Waals surface area (Å²) in [6.45, 7) is 0.366. The molecule has 1 unspecified atom stereocenters. The van der Waals surface area contributed by atoms with Crippen molar-refractivity contribution in [2.75, 3.05) is 13.1 Å². The third-order valence-corrected chi connectivity index (χ3v) is 5.14. The number of nitro benzene ring substituents is 1. The Hall–Kier alpha value is -2.93. The fourth-order valence-corrected chi connectivity index (χ4v) is 3.74. The maximum absolute atomic E-state index is 12.8. The molecule has 3 rings (SSSR count). The number of halogens is 1. The van der Waals surface area contributed by atoms with Gasteiger partial charge in [0, 0.05) is 12.6 Å². The van der Waals surface area contributed by atoms with E-state index in [0.29, 0.717) is 6.54 Å². The second-order valence-electron chi connectivity index (χ2n) is 6.58. The largest absolute Gasteiger partial charge is 0.343 e. The van der Waals surface area contributed by atoms with Crippen molar-refractivity contribution < 1.29 is 14.5 Å². The van der Waals surface area contributed by atoms with E-state index in [-0.39, 0.29) is 29.1 Å². The number of nitrogens with zero attached hydrogens (tertiary/aromatic N) is 2. The molecule has 0 aliphatic carbocycles. The predicted molar refractivity (Wildman–Crippen MR) is 105 cm³/mol. The Morgan fingerprint density at radius 3 is 2.61 bits per heavy atom. The number of carbonyl (C=O) groups excluding carboxylic acids is 2. The van der Waals surface area contributed by atoms with E-state index in [0.717, 1.165) is 24.8 Å². The first-order valence-electron chi connectivity index (χ1n) is 9.04. The number of amides is 2. The molecule has 2 aromatic carbocycles. The minimum absolute atomic E-state index is 0.0284. The van der Waals surface area contributed by atoms with Crippen LogP contribution in [0.15, 0.2) is 48.5 Å². The predicted octanol–water partition coefficient (Wildman–Crippen LogP) is 3.73. The minimum atomic E-state index is -0.737. The highest BCUT2D eigenvalue weighted by atomic mass is 35.5. The number of hydrogen-bond donors (Lipinski definition) is 1. The van der Waals surface area contributed by atoms with Gasteiger partial charge in [0.1, 0.15) is 5.56 Å². The van der Waals surface area contributed by atoms with Gasteiger partial charge < -0.3 is 10.2 Å². The number of piperidine rings is 1. The van der Waals surface area contributed by atoms with Crippen LogP contribution in [0.5, 0.6) is 0 Å². The fourth-order valence-electron chi connectivity index (χ4n) is 3.49. The lowest BCUT2D eigenvalue weighted by Crippen LogP contribution is -2.44. The van der Waals surface area contributed by atoms with Crippen molar-refractivity contribution in [2.45, 2.75) is 25.3 Å². The summed E-state index contributed by atoms with van der Waals surface area (Å²) < 4.78 is 0. The molecule has 0 bridgehead atoms. The van der Waals surface area contributed by atoms with Gasteiger partial charge in [0.05, 0.1) is 22.5 Å². The summed E-state index contributed by atoms with van der Waals surface area (Å²) in [5.41, 5.74) is 0.432. The van der Waals surface area contributed by atoms with E-state index in [9.17, 15) is 19.7 Å². The second-order valence-corrected chi connectivity index (χ2v) is 6.99. The molecule has 1 heterocycles. The molecule has 1 atom stereocenters. The third-order valence-electron chi connectivity index (χ3n) is 4.82. The van der Waals surface area contributed by atoms with Crippen LogP contribution in [-0.4, -0.2) is 34.7 Å². The van der Waals surface area contributed by atoms with E-state index in [1.807, 2.05) is 30.3 Å². The summed E-state index contributed by atoms with van der Waals surface area (Å²) in [4.78, 5) is 37.5. The molecule has 1 saturated heterocycles. The van der Waals surface area contributed by atoms with Gasteiger partial charge in [0.15, 0.2) is 0 Å². The number of nitro groups is 1. The summed E-state index contributed by atoms with van der Waals surface area (Å²) in [5, 5.41) is 13.6. The first-order valence-corrected chi connectivity index (χ1v) is 9.42. The lowest BCUT2D eigenvalue weighted by Gasteiger charge is -2.36. The van der Waals surface area contributed by atoms with Gasteiger partial charge in [-0.2, -0.15) is 0 Å². The molecule has 146 valence electrons. The molecule has 7 nitrogen and oxygen atoms in total. The van der Waals surface area contributed by atoms with E-state index in [4.69, 9.17) is 11.6 Å². The number of likely N-dealkylation sites (tertiary alicyclic amines) is 1. The summed E-state index contributed by atoms with van der Waals surface area (Å²) in [5.74, 6) is -0.962. The Labute approximate surface area is 167 Å². The first kappa shape index (κ1) is 19.8. The molecule has 8 heteroatoms. The first-order chi connectivity index (χ1) is 13.5. The van der Waals surface area contributed by atoms with E-state index in [1.165, 1.54) is 18.2 Å². The van der Waals surface area contributed by atoms with Gasteiger partial charge in [-0.25, -0.2) is 0 Å². The Balaban J connectivity index is 1.71. The lowest BCUT2D eigenvalue weighted by atomic mass is 9.95. The van der Waals surface area contributed by atoms with Crippen molar-refractivity contribution >= 4 is 29.1 Å². The molecule has 28 heavy (non-hydrogen) atoms. The molecule has 2 amide bonds. The van der Waals surface area contributed by atoms with Crippen LogP contribution < -0.4 is 5.32 Å². The highest BCUT2D eigenvalue weighted by Gasteiger charge is 2.29. The Morgan fingerprint density at radius 2 is 1.89 bits per heavy atom. The number of rotatable bonds is 5. The van der Waals surface area contributed by atoms with E-state index >= 15 is 0 Å². The number of carbonyl (C=O) groups is 2. The number of benzene rings is 2. The zero-order valence-corrected chi connectivity index (χ0v) is 15.9. The lowest BCUT2D eigenvalue weighted by molar-refractivity contribution is -0.385. The fraction of sp³-hybridized carbons (Fsp3) is 0.300. The van der Waals surface area contributed by atoms with Crippen molar-refractivity contribution in [1.29, 1.82) is 0 Å². The van der Waals surface area contributed by atoms with E-state index in [2.05, 4.69) is 5.32 Å². The van der Waals surface area contributed by atoms with Gasteiger partial charge >= 0.3 is 0 Å². The summed E-state index contributed by atoms with van der Waals surface area (Å²) in [7, 11) is 0. The quantitative estimate of drug-likeness (QED) is 0.610. The maximum atomic E-state index is 12.8. The van der Waals surface area contributed by atoms with Crippen molar-refractivity contribution in [3.8, 4) is 0 Å². The molecule has 0 spiro atoms. The Bertz CT molecular complexity index is 888. The van der Waals surface area contributed by atoms with Crippen molar-refractivity contribution in [1.82, 2.24) is 10.2 Å². The van der Waals surface area contributed by atoms with Gasteiger partial charge in [-0.15, -0.1) is 0 Å². The smallest absolute Gasteiger partial charge is 0.283 e. The molecule has 1 fully saturated rings. The van der Waals surface area contributed by atoms with Crippen molar-refractivity contribution in [3.63, 3.8) is 0 Å². The Morgan fingerprint density at radius 1 is 1.14 bits per heavy atom. The summed E-state index contributed by atoms with van der Waals surface area (Å²) >= 11 is 5.97. The summed E-state index contributed by atoms with van der Waals surface area (Å²) in [6.07, 6.45) is 2.79. The molecule has 1 aliphatic heterocycles. The topological polar surface area (TPSA) is 92.6 Å². The van der Waals surface area contributed by atoms with Crippen LogP contribution in [0.4, 0.5) is 5.69 Å². The van der Waals surface area contributed by atoms with Crippen LogP contribution in [-0.2, 0) is 4.79 Å². The zero-order chi connectivity index (χ0) is 20.1. The van der Waals surface area contributed by atoms with Gasteiger partial charge in [-0.3, -0.25) is 19.7 Å². The minimum Gasteiger partial charge on any atom is -0.343 e. The van der Waals surface area contributed by atoms with Gasteiger partial charge in [-0.05, 0) is 30.9 Å². The van der Waals surface area contributed by atoms with Crippen LogP contribution in [0.3, 0.4) is 0 Å². The Kier molecular flexibility index (Phi) is 6.26. The molecule has 2 aromatic rings. The van der Waals surface area contributed by atoms with Crippen LogP contribution in [0.1, 0.15) is 41.2 Å². The normalized spacial score (nSPS) is 16.5. The van der Waals surface area contributed by atoms with Crippen molar-refractivity contribution in [3.05, 3.63) is 74.8 Å². The van der Waals surface area contributed by atoms with Crippen LogP contribution in [0.2, 0.25) is 5.02 Å². The van der Waals surface area contributed by atoms with Gasteiger partial charge in [-0.1, -0.05) is 48.0 Å². The zero-order valence-electron chi connectivity index (χ0n) is 15.1. The molecule has 0 saturated carbocycles. The van der Waals surface area contributed by atoms with Crippen molar-refractivity contribution in [2.24, 2.45) is 0 Å². The molecule has 0 aromatic heterocycles. The second kappa shape index (κ2) is 8.84. The van der Waals surface area contributed by atoms with E-state index in [1.54, 1.807) is 4.90 Å². The van der Waals surface area contributed by atoms with Gasteiger partial charge in [0.25, 0.3) is 11.6 Å². The van der Waals surface area contributed by atoms with Crippen LogP contribution >= 0.6 is 11.6 Å². The maximum Gasteiger partial charge on any atom is 0.283 e. The highest BCUT2D eigenvalue weighted by Crippen LogP contribution is 2.31. The van der Waals surface area contributed by atoms with Crippen LogP contribution in [0.25, 0.3) is 0 Å².